The predicted molar refractivity (Wildman–Crippen MR) is 91.4 cm³/mol. The first-order valence-electron chi connectivity index (χ1n) is 8.64. The van der Waals surface area contributed by atoms with E-state index in [0.717, 1.165) is 24.8 Å². The fourth-order valence-corrected chi connectivity index (χ4v) is 3.56. The third-order valence-corrected chi connectivity index (χ3v) is 4.41. The van der Waals surface area contributed by atoms with Crippen LogP contribution in [-0.2, 0) is 17.9 Å². The quantitative estimate of drug-likeness (QED) is 0.871. The molecule has 1 fully saturated rings. The summed E-state index contributed by atoms with van der Waals surface area (Å²) in [5.41, 5.74) is 2.60. The van der Waals surface area contributed by atoms with Crippen LogP contribution in [0.25, 0.3) is 0 Å². The molecule has 1 aliphatic rings. The molecule has 3 heteroatoms. The van der Waals surface area contributed by atoms with Gasteiger partial charge in [-0.25, -0.2) is 0 Å². The lowest BCUT2D eigenvalue weighted by molar-refractivity contribution is -0.121. The molecule has 0 saturated carbocycles. The third kappa shape index (κ3) is 5.13. The van der Waals surface area contributed by atoms with E-state index < -0.39 is 0 Å². The van der Waals surface area contributed by atoms with E-state index in [1.54, 1.807) is 0 Å². The summed E-state index contributed by atoms with van der Waals surface area (Å²) >= 11 is 0. The van der Waals surface area contributed by atoms with Crippen molar-refractivity contribution in [2.75, 3.05) is 13.1 Å². The highest BCUT2D eigenvalue weighted by Gasteiger charge is 2.22. The van der Waals surface area contributed by atoms with Crippen LogP contribution in [0.1, 0.15) is 51.2 Å². The van der Waals surface area contributed by atoms with Crippen molar-refractivity contribution >= 4 is 5.91 Å². The Labute approximate surface area is 135 Å². The summed E-state index contributed by atoms with van der Waals surface area (Å²) < 4.78 is 0. The molecule has 1 amide bonds. The van der Waals surface area contributed by atoms with Gasteiger partial charge in [0.2, 0.25) is 5.91 Å². The first kappa shape index (κ1) is 17.0. The summed E-state index contributed by atoms with van der Waals surface area (Å²) in [7, 11) is 0. The van der Waals surface area contributed by atoms with Gasteiger partial charge in [-0.15, -0.1) is 0 Å². The number of carbonyl (C=O) groups is 1. The Bertz CT molecular complexity index is 476. The molecule has 2 rings (SSSR count). The van der Waals surface area contributed by atoms with Gasteiger partial charge in [-0.2, -0.15) is 0 Å². The number of amides is 1. The Kier molecular flexibility index (Phi) is 6.44. The minimum absolute atomic E-state index is 0.150. The topological polar surface area (TPSA) is 32.3 Å². The molecule has 2 atom stereocenters. The monoisotopic (exact) mass is 302 g/mol. The average Bonchev–Trinajstić information content (AvgIpc) is 2.45. The molecule has 0 bridgehead atoms. The largest absolute Gasteiger partial charge is 0.352 e. The summed E-state index contributed by atoms with van der Waals surface area (Å²) in [6.45, 7) is 10.7. The van der Waals surface area contributed by atoms with Crippen LogP contribution < -0.4 is 5.32 Å². The number of benzene rings is 1. The second-order valence-corrected chi connectivity index (χ2v) is 6.94. The number of rotatable bonds is 6. The zero-order chi connectivity index (χ0) is 15.9. The number of hydrogen-bond donors (Lipinski definition) is 1. The summed E-state index contributed by atoms with van der Waals surface area (Å²) in [6.07, 6.45) is 2.85. The van der Waals surface area contributed by atoms with Gasteiger partial charge in [0.25, 0.3) is 0 Å². The van der Waals surface area contributed by atoms with Crippen LogP contribution in [0.3, 0.4) is 0 Å². The normalized spacial score (nSPS) is 22.5. The minimum atomic E-state index is 0.150. The van der Waals surface area contributed by atoms with Crippen LogP contribution >= 0.6 is 0 Å². The molecule has 1 N–H and O–H groups in total. The van der Waals surface area contributed by atoms with Crippen LogP contribution in [0.4, 0.5) is 0 Å². The third-order valence-electron chi connectivity index (χ3n) is 4.41. The maximum atomic E-state index is 11.7. The molecular formula is C19H30N2O. The average molecular weight is 302 g/mol. The molecule has 0 aliphatic carbocycles. The maximum absolute atomic E-state index is 11.7. The van der Waals surface area contributed by atoms with Crippen molar-refractivity contribution < 1.29 is 4.79 Å². The lowest BCUT2D eigenvalue weighted by Gasteiger charge is -2.35. The molecule has 122 valence electrons. The number of carbonyl (C=O) groups excluding carboxylic acids is 1. The van der Waals surface area contributed by atoms with Crippen LogP contribution in [0.2, 0.25) is 0 Å². The van der Waals surface area contributed by atoms with E-state index in [2.05, 4.69) is 48.3 Å². The standard InChI is InChI=1S/C19H30N2O/c1-4-7-19(22)20-11-17-8-5-6-9-18(17)14-21-12-15(2)10-16(3)13-21/h5-6,8-9,15-16H,4,7,10-14H2,1-3H3,(H,20,22)/t15-,16-/m1/s1. The lowest BCUT2D eigenvalue weighted by atomic mass is 9.91. The molecule has 1 aromatic carbocycles. The smallest absolute Gasteiger partial charge is 0.220 e. The SMILES string of the molecule is CCCC(=O)NCc1ccccc1CN1C[C@H](C)C[C@@H](C)C1. The summed E-state index contributed by atoms with van der Waals surface area (Å²) in [5, 5.41) is 3.04. The Morgan fingerprint density at radius 2 is 1.82 bits per heavy atom. The zero-order valence-electron chi connectivity index (χ0n) is 14.3. The van der Waals surface area contributed by atoms with Gasteiger partial charge in [-0.1, -0.05) is 45.0 Å². The fraction of sp³-hybridized carbons (Fsp3) is 0.632. The van der Waals surface area contributed by atoms with Gasteiger partial charge in [0.15, 0.2) is 0 Å². The van der Waals surface area contributed by atoms with E-state index in [1.807, 2.05) is 6.92 Å². The Morgan fingerprint density at radius 1 is 1.18 bits per heavy atom. The van der Waals surface area contributed by atoms with Crippen molar-refractivity contribution in [3.05, 3.63) is 35.4 Å². The molecule has 1 heterocycles. The van der Waals surface area contributed by atoms with Crippen LogP contribution in [0.5, 0.6) is 0 Å². The number of hydrogen-bond acceptors (Lipinski definition) is 2. The van der Waals surface area contributed by atoms with Crippen molar-refractivity contribution in [3.8, 4) is 0 Å². The minimum Gasteiger partial charge on any atom is -0.352 e. The summed E-state index contributed by atoms with van der Waals surface area (Å²) in [6, 6.07) is 8.50. The Morgan fingerprint density at radius 3 is 2.45 bits per heavy atom. The van der Waals surface area contributed by atoms with Gasteiger partial charge in [0.1, 0.15) is 0 Å². The van der Waals surface area contributed by atoms with Crippen LogP contribution in [-0.4, -0.2) is 23.9 Å². The second kappa shape index (κ2) is 8.33. The van der Waals surface area contributed by atoms with E-state index in [0.29, 0.717) is 13.0 Å². The van der Waals surface area contributed by atoms with Gasteiger partial charge in [0.05, 0.1) is 0 Å². The molecule has 0 unspecified atom stereocenters. The highest BCUT2D eigenvalue weighted by Crippen LogP contribution is 2.23. The van der Waals surface area contributed by atoms with Crippen LogP contribution in [0, 0.1) is 11.8 Å². The number of nitrogens with zero attached hydrogens (tertiary/aromatic N) is 1. The van der Waals surface area contributed by atoms with Gasteiger partial charge >= 0.3 is 0 Å². The maximum Gasteiger partial charge on any atom is 0.220 e. The highest BCUT2D eigenvalue weighted by molar-refractivity contribution is 5.75. The zero-order valence-corrected chi connectivity index (χ0v) is 14.3. The second-order valence-electron chi connectivity index (χ2n) is 6.94. The van der Waals surface area contributed by atoms with Crippen molar-refractivity contribution in [1.82, 2.24) is 10.2 Å². The fourth-order valence-electron chi connectivity index (χ4n) is 3.56. The Balaban J connectivity index is 1.97. The number of nitrogens with one attached hydrogen (secondary N) is 1. The van der Waals surface area contributed by atoms with Crippen molar-refractivity contribution in [2.24, 2.45) is 11.8 Å². The van der Waals surface area contributed by atoms with Crippen LogP contribution in [0.15, 0.2) is 24.3 Å². The molecule has 0 aromatic heterocycles. The first-order chi connectivity index (χ1) is 10.6. The van der Waals surface area contributed by atoms with Gasteiger partial charge in [-0.05, 0) is 35.8 Å². The van der Waals surface area contributed by atoms with Crippen molar-refractivity contribution in [3.63, 3.8) is 0 Å². The van der Waals surface area contributed by atoms with E-state index in [4.69, 9.17) is 0 Å². The molecule has 22 heavy (non-hydrogen) atoms. The molecular weight excluding hydrogens is 272 g/mol. The van der Waals surface area contributed by atoms with Crippen molar-refractivity contribution in [2.45, 2.75) is 53.1 Å². The van der Waals surface area contributed by atoms with E-state index in [9.17, 15) is 4.79 Å². The molecule has 3 nitrogen and oxygen atoms in total. The van der Waals surface area contributed by atoms with Gasteiger partial charge < -0.3 is 5.32 Å². The van der Waals surface area contributed by atoms with E-state index in [-0.39, 0.29) is 5.91 Å². The van der Waals surface area contributed by atoms with E-state index >= 15 is 0 Å². The summed E-state index contributed by atoms with van der Waals surface area (Å²) in [5.74, 6) is 1.71. The van der Waals surface area contributed by atoms with E-state index in [1.165, 1.54) is 30.6 Å². The molecule has 1 aromatic rings. The predicted octanol–water partition coefficient (Wildman–Crippen LogP) is 3.58. The number of piperidine rings is 1. The Hall–Kier alpha value is -1.35. The lowest BCUT2D eigenvalue weighted by Crippen LogP contribution is -2.38. The van der Waals surface area contributed by atoms with Gasteiger partial charge in [0, 0.05) is 32.6 Å². The molecule has 1 aliphatic heterocycles. The molecule has 0 radical (unpaired) electrons. The highest BCUT2D eigenvalue weighted by atomic mass is 16.1. The first-order valence-corrected chi connectivity index (χ1v) is 8.64. The summed E-state index contributed by atoms with van der Waals surface area (Å²) in [4.78, 5) is 14.2. The molecule has 0 spiro atoms. The van der Waals surface area contributed by atoms with Crippen molar-refractivity contribution in [1.29, 1.82) is 0 Å². The van der Waals surface area contributed by atoms with Gasteiger partial charge in [-0.3, -0.25) is 9.69 Å². The number of likely N-dealkylation sites (tertiary alicyclic amines) is 1. The molecule has 1 saturated heterocycles.